The largest absolute Gasteiger partial charge is 0.486 e. The van der Waals surface area contributed by atoms with Crippen LogP contribution in [0.3, 0.4) is 0 Å². The van der Waals surface area contributed by atoms with Gasteiger partial charge in [0, 0.05) is 61.4 Å². The van der Waals surface area contributed by atoms with Crippen LogP contribution in [0.5, 0.6) is 5.75 Å². The summed E-state index contributed by atoms with van der Waals surface area (Å²) in [6, 6.07) is 11.9. The first-order valence-corrected chi connectivity index (χ1v) is 12.0. The van der Waals surface area contributed by atoms with Crippen molar-refractivity contribution in [3.8, 4) is 5.75 Å². The number of hydrogen-bond donors (Lipinski definition) is 0. The molecule has 2 aromatic heterocycles. The highest BCUT2D eigenvalue weighted by Gasteiger charge is 2.29. The molecule has 0 spiro atoms. The van der Waals surface area contributed by atoms with Crippen LogP contribution in [0.1, 0.15) is 29.1 Å². The Morgan fingerprint density at radius 2 is 1.97 bits per heavy atom. The second-order valence-corrected chi connectivity index (χ2v) is 9.22. The molecule has 162 valence electrons. The molecule has 1 aromatic carbocycles. The minimum atomic E-state index is -0.0561. The lowest BCUT2D eigenvalue weighted by Crippen LogP contribution is -2.49. The van der Waals surface area contributed by atoms with Crippen LogP contribution in [0.4, 0.5) is 0 Å². The van der Waals surface area contributed by atoms with Gasteiger partial charge >= 0.3 is 0 Å². The van der Waals surface area contributed by atoms with Gasteiger partial charge in [-0.15, -0.1) is 0 Å². The Kier molecular flexibility index (Phi) is 6.08. The lowest BCUT2D eigenvalue weighted by atomic mass is 10.0. The fraction of sp³-hybridized carbons (Fsp3) is 0.435. The number of thioether (sulfide) groups is 1. The summed E-state index contributed by atoms with van der Waals surface area (Å²) in [7, 11) is 0. The molecule has 0 saturated carbocycles. The van der Waals surface area contributed by atoms with Crippen LogP contribution in [-0.2, 0) is 6.61 Å². The number of aromatic nitrogens is 2. The standard InChI is InChI=1S/C23H26N4O3S/c28-23(27-8-5-18(6-9-27)26-10-12-31-13-11-26)22-15-20(30-25-22)16-29-19-3-4-21-17(14-19)2-1-7-24-21/h1-4,7,14-15,18H,5-6,8-13,16H2. The molecule has 0 aliphatic carbocycles. The van der Waals surface area contributed by atoms with E-state index in [1.54, 1.807) is 12.3 Å². The predicted octanol–water partition coefficient (Wildman–Crippen LogP) is 3.46. The van der Waals surface area contributed by atoms with E-state index < -0.39 is 0 Å². The Morgan fingerprint density at radius 3 is 2.81 bits per heavy atom. The van der Waals surface area contributed by atoms with Crippen molar-refractivity contribution in [2.24, 2.45) is 0 Å². The molecule has 5 rings (SSSR count). The molecule has 3 aromatic rings. The van der Waals surface area contributed by atoms with Crippen molar-refractivity contribution >= 4 is 28.6 Å². The predicted molar refractivity (Wildman–Crippen MR) is 120 cm³/mol. The number of likely N-dealkylation sites (tertiary alicyclic amines) is 1. The van der Waals surface area contributed by atoms with Crippen molar-refractivity contribution in [3.05, 3.63) is 54.0 Å². The minimum absolute atomic E-state index is 0.0561. The molecule has 2 aliphatic heterocycles. The van der Waals surface area contributed by atoms with Crippen molar-refractivity contribution in [3.63, 3.8) is 0 Å². The number of carbonyl (C=O) groups is 1. The van der Waals surface area contributed by atoms with Crippen LogP contribution in [-0.4, -0.2) is 69.6 Å². The third kappa shape index (κ3) is 4.70. The molecule has 2 saturated heterocycles. The molecule has 0 radical (unpaired) electrons. The number of hydrogen-bond acceptors (Lipinski definition) is 7. The van der Waals surface area contributed by atoms with Gasteiger partial charge in [-0.2, -0.15) is 11.8 Å². The molecule has 2 aliphatic rings. The molecule has 8 heteroatoms. The van der Waals surface area contributed by atoms with Gasteiger partial charge in [0.1, 0.15) is 12.4 Å². The lowest BCUT2D eigenvalue weighted by Gasteiger charge is -2.39. The van der Waals surface area contributed by atoms with Crippen LogP contribution in [0.2, 0.25) is 0 Å². The number of nitrogens with zero attached hydrogens (tertiary/aromatic N) is 4. The Morgan fingerprint density at radius 1 is 1.13 bits per heavy atom. The number of fused-ring (bicyclic) bond motifs is 1. The molecule has 4 heterocycles. The van der Waals surface area contributed by atoms with Crippen molar-refractivity contribution in [2.75, 3.05) is 37.7 Å². The Balaban J connectivity index is 1.15. The summed E-state index contributed by atoms with van der Waals surface area (Å²) in [6.45, 7) is 4.11. The highest BCUT2D eigenvalue weighted by atomic mass is 32.2. The second-order valence-electron chi connectivity index (χ2n) is 8.00. The van der Waals surface area contributed by atoms with Crippen molar-refractivity contribution < 1.29 is 14.1 Å². The van der Waals surface area contributed by atoms with E-state index in [9.17, 15) is 4.79 Å². The Bertz CT molecular complexity index is 1040. The average Bonchev–Trinajstić information content (AvgIpc) is 3.32. The maximum atomic E-state index is 12.9. The first-order chi connectivity index (χ1) is 15.3. The van der Waals surface area contributed by atoms with E-state index in [1.807, 2.05) is 47.0 Å². The molecule has 7 nitrogen and oxygen atoms in total. The second kappa shape index (κ2) is 9.28. The molecule has 1 amide bonds. The summed E-state index contributed by atoms with van der Waals surface area (Å²) in [4.78, 5) is 21.7. The maximum absolute atomic E-state index is 12.9. The summed E-state index contributed by atoms with van der Waals surface area (Å²) in [5, 5.41) is 5.01. The molecule has 0 atom stereocenters. The Hall–Kier alpha value is -2.58. The summed E-state index contributed by atoms with van der Waals surface area (Å²) >= 11 is 2.03. The summed E-state index contributed by atoms with van der Waals surface area (Å²) < 4.78 is 11.2. The third-order valence-electron chi connectivity index (χ3n) is 6.05. The van der Waals surface area contributed by atoms with Crippen LogP contribution >= 0.6 is 11.8 Å². The van der Waals surface area contributed by atoms with Gasteiger partial charge in [-0.05, 0) is 37.1 Å². The van der Waals surface area contributed by atoms with Crippen molar-refractivity contribution in [1.29, 1.82) is 0 Å². The third-order valence-corrected chi connectivity index (χ3v) is 6.99. The first kappa shape index (κ1) is 20.3. The molecule has 2 fully saturated rings. The molecule has 31 heavy (non-hydrogen) atoms. The quantitative estimate of drug-likeness (QED) is 0.604. The highest BCUT2D eigenvalue weighted by Crippen LogP contribution is 2.23. The maximum Gasteiger partial charge on any atom is 0.276 e. The van der Waals surface area contributed by atoms with E-state index >= 15 is 0 Å². The summed E-state index contributed by atoms with van der Waals surface area (Å²) in [6.07, 6.45) is 3.83. The van der Waals surface area contributed by atoms with Gasteiger partial charge in [-0.3, -0.25) is 14.7 Å². The summed E-state index contributed by atoms with van der Waals surface area (Å²) in [5.74, 6) is 3.65. The van der Waals surface area contributed by atoms with Crippen molar-refractivity contribution in [1.82, 2.24) is 19.9 Å². The lowest BCUT2D eigenvalue weighted by molar-refractivity contribution is 0.0621. The van der Waals surface area contributed by atoms with E-state index in [4.69, 9.17) is 9.26 Å². The van der Waals surface area contributed by atoms with Gasteiger partial charge in [0.2, 0.25) is 0 Å². The SMILES string of the molecule is O=C(c1cc(COc2ccc3ncccc3c2)on1)N1CCC(N2CCSCC2)CC1. The highest BCUT2D eigenvalue weighted by molar-refractivity contribution is 7.99. The van der Waals surface area contributed by atoms with Gasteiger partial charge in [-0.25, -0.2) is 0 Å². The molecule has 0 N–H and O–H groups in total. The van der Waals surface area contributed by atoms with E-state index in [0.717, 1.165) is 42.6 Å². The van der Waals surface area contributed by atoms with Crippen LogP contribution in [0.25, 0.3) is 10.9 Å². The number of carbonyl (C=O) groups excluding carboxylic acids is 1. The fourth-order valence-electron chi connectivity index (χ4n) is 4.32. The monoisotopic (exact) mass is 438 g/mol. The van der Waals surface area contributed by atoms with Gasteiger partial charge < -0.3 is 14.2 Å². The number of rotatable bonds is 5. The normalized spacial score (nSPS) is 18.4. The van der Waals surface area contributed by atoms with Gasteiger partial charge in [0.05, 0.1) is 5.52 Å². The van der Waals surface area contributed by atoms with Gasteiger partial charge in [0.15, 0.2) is 11.5 Å². The van der Waals surface area contributed by atoms with Crippen LogP contribution < -0.4 is 4.74 Å². The first-order valence-electron chi connectivity index (χ1n) is 10.8. The molecule has 0 bridgehead atoms. The van der Waals surface area contributed by atoms with Gasteiger partial charge in [0.25, 0.3) is 5.91 Å². The fourth-order valence-corrected chi connectivity index (χ4v) is 5.25. The number of benzene rings is 1. The number of amides is 1. The average molecular weight is 439 g/mol. The van der Waals surface area contributed by atoms with Crippen LogP contribution in [0.15, 0.2) is 47.1 Å². The van der Waals surface area contributed by atoms with Crippen LogP contribution in [0, 0.1) is 0 Å². The zero-order chi connectivity index (χ0) is 21.0. The summed E-state index contributed by atoms with van der Waals surface area (Å²) in [5.41, 5.74) is 1.28. The number of pyridine rings is 1. The van der Waals surface area contributed by atoms with E-state index in [1.165, 1.54) is 24.6 Å². The smallest absolute Gasteiger partial charge is 0.276 e. The Labute approximate surface area is 185 Å². The molecular formula is C23H26N4O3S. The zero-order valence-corrected chi connectivity index (χ0v) is 18.2. The molecule has 0 unspecified atom stereocenters. The van der Waals surface area contributed by atoms with Crippen molar-refractivity contribution in [2.45, 2.75) is 25.5 Å². The molecular weight excluding hydrogens is 412 g/mol. The van der Waals surface area contributed by atoms with E-state index in [-0.39, 0.29) is 12.5 Å². The zero-order valence-electron chi connectivity index (χ0n) is 17.4. The minimum Gasteiger partial charge on any atom is -0.486 e. The topological polar surface area (TPSA) is 71.7 Å². The van der Waals surface area contributed by atoms with E-state index in [0.29, 0.717) is 17.5 Å². The number of ether oxygens (including phenoxy) is 1. The van der Waals surface area contributed by atoms with E-state index in [2.05, 4.69) is 15.0 Å². The van der Waals surface area contributed by atoms with Gasteiger partial charge in [-0.1, -0.05) is 11.2 Å². The number of piperidine rings is 1.